The van der Waals surface area contributed by atoms with E-state index in [0.717, 1.165) is 55.6 Å². The normalized spacial score (nSPS) is 16.4. The van der Waals surface area contributed by atoms with E-state index in [9.17, 15) is 4.39 Å². The van der Waals surface area contributed by atoms with E-state index in [4.69, 9.17) is 0 Å². The Morgan fingerprint density at radius 2 is 2.11 bits per heavy atom. The molecule has 0 radical (unpaired) electrons. The largest absolute Gasteiger partial charge is 0.357 e. The molecule has 3 rings (SSSR count). The number of aliphatic imine (C=N–C) groups is 1. The third kappa shape index (κ3) is 5.63. The van der Waals surface area contributed by atoms with E-state index in [1.54, 1.807) is 13.0 Å². The highest BCUT2D eigenvalue weighted by Crippen LogP contribution is 2.19. The predicted octanol–water partition coefficient (Wildman–Crippen LogP) is 2.97. The van der Waals surface area contributed by atoms with Crippen molar-refractivity contribution in [1.82, 2.24) is 25.4 Å². The maximum atomic E-state index is 13.4. The Balaban J connectivity index is 0.00000261. The second-order valence-corrected chi connectivity index (χ2v) is 6.84. The predicted molar refractivity (Wildman–Crippen MR) is 116 cm³/mol. The van der Waals surface area contributed by atoms with Gasteiger partial charge in [-0.3, -0.25) is 0 Å². The smallest absolute Gasteiger partial charge is 0.191 e. The average Bonchev–Trinajstić information content (AvgIpc) is 3.01. The second kappa shape index (κ2) is 10.0. The second-order valence-electron chi connectivity index (χ2n) is 6.84. The van der Waals surface area contributed by atoms with Crippen LogP contribution in [0.25, 0.3) is 0 Å². The molecule has 1 aliphatic heterocycles. The van der Waals surface area contributed by atoms with Gasteiger partial charge in [-0.05, 0) is 50.3 Å². The van der Waals surface area contributed by atoms with E-state index < -0.39 is 0 Å². The zero-order valence-corrected chi connectivity index (χ0v) is 18.5. The van der Waals surface area contributed by atoms with Crippen molar-refractivity contribution in [2.45, 2.75) is 46.7 Å². The van der Waals surface area contributed by atoms with Crippen LogP contribution >= 0.6 is 24.0 Å². The van der Waals surface area contributed by atoms with Gasteiger partial charge in [0.25, 0.3) is 0 Å². The molecule has 6 nitrogen and oxygen atoms in total. The quantitative estimate of drug-likeness (QED) is 0.388. The standard InChI is InChI=1S/C19H27FN6.HI/c1-4-21-19(22-10-15-5-7-17(20)13(2)9-15)23-11-16-6-8-18-25-24-14(3)26(18)12-16;/h5,7,9,16H,4,6,8,10-12H2,1-3H3,(H2,21,22,23);1H. The number of guanidine groups is 1. The number of hydrogen-bond acceptors (Lipinski definition) is 3. The third-order valence-electron chi connectivity index (χ3n) is 4.77. The molecule has 2 heterocycles. The molecule has 27 heavy (non-hydrogen) atoms. The average molecular weight is 486 g/mol. The summed E-state index contributed by atoms with van der Waals surface area (Å²) in [6.45, 7) is 8.94. The summed E-state index contributed by atoms with van der Waals surface area (Å²) in [6, 6.07) is 5.13. The number of rotatable bonds is 5. The number of benzene rings is 1. The van der Waals surface area contributed by atoms with Gasteiger partial charge in [-0.2, -0.15) is 0 Å². The molecule has 0 saturated heterocycles. The molecule has 0 spiro atoms. The van der Waals surface area contributed by atoms with Gasteiger partial charge in [0.15, 0.2) is 5.96 Å². The summed E-state index contributed by atoms with van der Waals surface area (Å²) in [7, 11) is 0. The summed E-state index contributed by atoms with van der Waals surface area (Å²) in [6.07, 6.45) is 2.07. The van der Waals surface area contributed by atoms with E-state index in [1.165, 1.54) is 6.07 Å². The lowest BCUT2D eigenvalue weighted by Crippen LogP contribution is -2.41. The third-order valence-corrected chi connectivity index (χ3v) is 4.77. The minimum Gasteiger partial charge on any atom is -0.357 e. The van der Waals surface area contributed by atoms with Crippen molar-refractivity contribution in [3.8, 4) is 0 Å². The zero-order chi connectivity index (χ0) is 18.5. The molecule has 148 valence electrons. The lowest BCUT2D eigenvalue weighted by Gasteiger charge is -2.25. The van der Waals surface area contributed by atoms with Gasteiger partial charge in [0.05, 0.1) is 6.54 Å². The molecule has 8 heteroatoms. The number of hydrogen-bond donors (Lipinski definition) is 2. The van der Waals surface area contributed by atoms with Crippen molar-refractivity contribution in [2.75, 3.05) is 13.1 Å². The minimum absolute atomic E-state index is 0. The van der Waals surface area contributed by atoms with Crippen molar-refractivity contribution in [2.24, 2.45) is 10.9 Å². The van der Waals surface area contributed by atoms with Crippen molar-refractivity contribution in [3.05, 3.63) is 46.8 Å². The molecule has 0 amide bonds. The molecule has 2 N–H and O–H groups in total. The maximum absolute atomic E-state index is 13.4. The molecular weight excluding hydrogens is 458 g/mol. The zero-order valence-electron chi connectivity index (χ0n) is 16.1. The van der Waals surface area contributed by atoms with E-state index in [0.29, 0.717) is 18.0 Å². The van der Waals surface area contributed by atoms with Crippen LogP contribution in [0.1, 0.15) is 36.1 Å². The summed E-state index contributed by atoms with van der Waals surface area (Å²) >= 11 is 0. The SMILES string of the molecule is CCNC(=NCc1ccc(F)c(C)c1)NCC1CCc2nnc(C)n2C1.I. The Kier molecular flexibility index (Phi) is 8.00. The Bertz CT molecular complexity index is 789. The summed E-state index contributed by atoms with van der Waals surface area (Å²) in [5.41, 5.74) is 1.65. The van der Waals surface area contributed by atoms with E-state index >= 15 is 0 Å². The Morgan fingerprint density at radius 3 is 2.85 bits per heavy atom. The van der Waals surface area contributed by atoms with Gasteiger partial charge in [-0.25, -0.2) is 9.38 Å². The highest BCUT2D eigenvalue weighted by molar-refractivity contribution is 14.0. The molecule has 1 aliphatic rings. The highest BCUT2D eigenvalue weighted by atomic mass is 127. The fraction of sp³-hybridized carbons (Fsp3) is 0.526. The monoisotopic (exact) mass is 486 g/mol. The molecule has 1 unspecified atom stereocenters. The molecule has 0 fully saturated rings. The number of fused-ring (bicyclic) bond motifs is 1. The van der Waals surface area contributed by atoms with Gasteiger partial charge in [0.1, 0.15) is 17.5 Å². The molecule has 0 saturated carbocycles. The summed E-state index contributed by atoms with van der Waals surface area (Å²) in [5, 5.41) is 15.1. The van der Waals surface area contributed by atoms with Crippen molar-refractivity contribution < 1.29 is 4.39 Å². The number of aryl methyl sites for hydroxylation is 3. The topological polar surface area (TPSA) is 67.1 Å². The molecule has 0 bridgehead atoms. The number of halogens is 2. The van der Waals surface area contributed by atoms with Gasteiger partial charge in [0.2, 0.25) is 0 Å². The van der Waals surface area contributed by atoms with Crippen molar-refractivity contribution in [1.29, 1.82) is 0 Å². The molecule has 1 atom stereocenters. The van der Waals surface area contributed by atoms with Crippen LogP contribution in [0.4, 0.5) is 4.39 Å². The lowest BCUT2D eigenvalue weighted by molar-refractivity contribution is 0.358. The Morgan fingerprint density at radius 1 is 1.30 bits per heavy atom. The first-order valence-corrected chi connectivity index (χ1v) is 9.22. The number of aromatic nitrogens is 3. The van der Waals surface area contributed by atoms with Crippen LogP contribution < -0.4 is 10.6 Å². The van der Waals surface area contributed by atoms with E-state index in [1.807, 2.05) is 19.9 Å². The molecule has 2 aromatic rings. The molecule has 1 aromatic carbocycles. The van der Waals surface area contributed by atoms with Gasteiger partial charge in [0, 0.05) is 26.1 Å². The van der Waals surface area contributed by atoms with Gasteiger partial charge in [-0.15, -0.1) is 34.2 Å². The van der Waals surface area contributed by atoms with Crippen molar-refractivity contribution in [3.63, 3.8) is 0 Å². The lowest BCUT2D eigenvalue weighted by atomic mass is 9.99. The van der Waals surface area contributed by atoms with Crippen LogP contribution in [-0.2, 0) is 19.5 Å². The fourth-order valence-corrected chi connectivity index (χ4v) is 3.25. The number of nitrogens with one attached hydrogen (secondary N) is 2. The first kappa shape index (κ1) is 21.6. The van der Waals surface area contributed by atoms with Crippen molar-refractivity contribution >= 4 is 29.9 Å². The van der Waals surface area contributed by atoms with Gasteiger partial charge < -0.3 is 15.2 Å². The first-order valence-electron chi connectivity index (χ1n) is 9.22. The molecule has 0 aliphatic carbocycles. The minimum atomic E-state index is -0.177. The van der Waals surface area contributed by atoms with Crippen LogP contribution in [0.3, 0.4) is 0 Å². The Labute approximate surface area is 177 Å². The summed E-state index contributed by atoms with van der Waals surface area (Å²) in [5.74, 6) is 3.21. The molecular formula is C19H28FIN6. The number of nitrogens with zero attached hydrogens (tertiary/aromatic N) is 4. The van der Waals surface area contributed by atoms with E-state index in [-0.39, 0.29) is 29.8 Å². The van der Waals surface area contributed by atoms with Crippen LogP contribution in [0.5, 0.6) is 0 Å². The molecule has 1 aromatic heterocycles. The maximum Gasteiger partial charge on any atom is 0.191 e. The first-order chi connectivity index (χ1) is 12.6. The van der Waals surface area contributed by atoms with Crippen LogP contribution in [0, 0.1) is 25.6 Å². The summed E-state index contributed by atoms with van der Waals surface area (Å²) < 4.78 is 15.6. The van der Waals surface area contributed by atoms with Crippen LogP contribution in [-0.4, -0.2) is 33.8 Å². The van der Waals surface area contributed by atoms with Gasteiger partial charge in [-0.1, -0.05) is 12.1 Å². The van der Waals surface area contributed by atoms with Gasteiger partial charge >= 0.3 is 0 Å². The fourth-order valence-electron chi connectivity index (χ4n) is 3.25. The summed E-state index contributed by atoms with van der Waals surface area (Å²) in [4.78, 5) is 4.63. The Hall–Kier alpha value is -1.71. The van der Waals surface area contributed by atoms with Crippen LogP contribution in [0.2, 0.25) is 0 Å². The highest BCUT2D eigenvalue weighted by Gasteiger charge is 2.21. The van der Waals surface area contributed by atoms with Crippen LogP contribution in [0.15, 0.2) is 23.2 Å². The van der Waals surface area contributed by atoms with E-state index in [2.05, 4.69) is 30.4 Å².